The Morgan fingerprint density at radius 3 is 1.02 bits per heavy atom. The quantitative estimate of drug-likeness (QED) is 0.0822. The monoisotopic (exact) mass is 716 g/mol. The fourth-order valence-corrected chi connectivity index (χ4v) is 6.35. The fraction of sp³-hybridized carbons (Fsp3) is 0. The number of ketones is 1. The van der Waals surface area contributed by atoms with E-state index in [1.54, 1.807) is 48.5 Å². The van der Waals surface area contributed by atoms with Crippen LogP contribution in [-0.4, -0.2) is 46.7 Å². The SMILES string of the molecule is O=C(c1ccc(O)cc1-c1c(-c2ccc(O)cc2)noc1-c1ccc(O)cc1)c1ccc(O)cc1-c1c(-c2ccc(O)cc2)noc1-c1ccc(O)cc1. The fourth-order valence-electron chi connectivity index (χ4n) is 6.35. The van der Waals surface area contributed by atoms with Gasteiger partial charge in [0.05, 0.1) is 11.1 Å². The third-order valence-corrected chi connectivity index (χ3v) is 8.96. The molecule has 0 spiro atoms. The molecule has 0 saturated heterocycles. The third kappa shape index (κ3) is 6.11. The zero-order valence-electron chi connectivity index (χ0n) is 28.0. The van der Waals surface area contributed by atoms with Gasteiger partial charge in [0.2, 0.25) is 0 Å². The van der Waals surface area contributed by atoms with E-state index in [1.165, 1.54) is 84.9 Å². The number of aromatic hydroxyl groups is 6. The van der Waals surface area contributed by atoms with E-state index in [0.29, 0.717) is 44.8 Å². The van der Waals surface area contributed by atoms with E-state index in [2.05, 4.69) is 10.3 Å². The lowest BCUT2D eigenvalue weighted by Crippen LogP contribution is -2.06. The molecule has 8 aromatic rings. The number of carbonyl (C=O) groups excluding carboxylic acids is 1. The number of hydrogen-bond acceptors (Lipinski definition) is 11. The van der Waals surface area contributed by atoms with Crippen molar-refractivity contribution in [3.8, 4) is 102 Å². The second-order valence-corrected chi connectivity index (χ2v) is 12.4. The number of rotatable bonds is 8. The van der Waals surface area contributed by atoms with Crippen LogP contribution in [0.15, 0.2) is 143 Å². The smallest absolute Gasteiger partial charge is 0.194 e. The average molecular weight is 717 g/mol. The minimum absolute atomic E-state index is 0.0266. The number of carbonyl (C=O) groups is 1. The van der Waals surface area contributed by atoms with Crippen LogP contribution in [0.3, 0.4) is 0 Å². The molecule has 0 aliphatic heterocycles. The van der Waals surface area contributed by atoms with Crippen LogP contribution >= 0.6 is 0 Å². The van der Waals surface area contributed by atoms with E-state index in [1.807, 2.05) is 0 Å². The highest BCUT2D eigenvalue weighted by atomic mass is 16.5. The Bertz CT molecular complexity index is 2350. The van der Waals surface area contributed by atoms with Crippen molar-refractivity contribution in [2.75, 3.05) is 0 Å². The van der Waals surface area contributed by atoms with Gasteiger partial charge in [-0.1, -0.05) is 10.3 Å². The maximum absolute atomic E-state index is 15.1. The first-order chi connectivity index (χ1) is 26.1. The molecule has 0 fully saturated rings. The van der Waals surface area contributed by atoms with Gasteiger partial charge in [-0.2, -0.15) is 0 Å². The summed E-state index contributed by atoms with van der Waals surface area (Å²) in [5.41, 5.74) is 4.25. The molecule has 0 bridgehead atoms. The zero-order chi connectivity index (χ0) is 37.5. The third-order valence-electron chi connectivity index (χ3n) is 8.96. The van der Waals surface area contributed by atoms with Crippen molar-refractivity contribution in [1.82, 2.24) is 10.3 Å². The second-order valence-electron chi connectivity index (χ2n) is 12.4. The molecule has 0 radical (unpaired) electrons. The van der Waals surface area contributed by atoms with Crippen molar-refractivity contribution in [3.05, 3.63) is 145 Å². The van der Waals surface area contributed by atoms with Crippen LogP contribution in [0.25, 0.3) is 67.4 Å². The largest absolute Gasteiger partial charge is 0.508 e. The van der Waals surface area contributed by atoms with Crippen LogP contribution < -0.4 is 0 Å². The summed E-state index contributed by atoms with van der Waals surface area (Å²) in [4.78, 5) is 15.1. The standard InChI is InChI=1S/C43H28N2O9/c46-27-9-1-23(2-10-27)39-37(42(53-44-39)25-5-13-29(48)14-6-25)35-21-31(50)17-19-33(35)41(52)34-20-18-32(51)22-36(34)38-40(24-3-11-28(47)12-4-24)45-54-43(38)26-7-15-30(49)16-8-26/h1-22,46-51H. The maximum Gasteiger partial charge on any atom is 0.194 e. The molecule has 0 aliphatic carbocycles. The molecule has 0 aliphatic rings. The minimum atomic E-state index is -0.510. The van der Waals surface area contributed by atoms with Gasteiger partial charge in [0, 0.05) is 44.5 Å². The molecule has 264 valence electrons. The topological polar surface area (TPSA) is 191 Å². The van der Waals surface area contributed by atoms with Gasteiger partial charge >= 0.3 is 0 Å². The number of phenols is 6. The van der Waals surface area contributed by atoms with Crippen molar-refractivity contribution in [3.63, 3.8) is 0 Å². The van der Waals surface area contributed by atoms with Gasteiger partial charge in [-0.3, -0.25) is 4.79 Å². The van der Waals surface area contributed by atoms with Crippen molar-refractivity contribution >= 4 is 5.78 Å². The summed E-state index contributed by atoms with van der Waals surface area (Å²) in [6.45, 7) is 0. The Morgan fingerprint density at radius 2 is 0.685 bits per heavy atom. The molecule has 0 atom stereocenters. The number of nitrogens with zero attached hydrogens (tertiary/aromatic N) is 2. The van der Waals surface area contributed by atoms with E-state index in [4.69, 9.17) is 9.05 Å². The molecule has 8 rings (SSSR count). The van der Waals surface area contributed by atoms with E-state index >= 15 is 4.79 Å². The summed E-state index contributed by atoms with van der Waals surface area (Å²) in [6, 6.07) is 33.5. The number of aromatic nitrogens is 2. The van der Waals surface area contributed by atoms with Crippen LogP contribution in [-0.2, 0) is 0 Å². The summed E-state index contributed by atoms with van der Waals surface area (Å²) in [5.74, 6) is -0.207. The van der Waals surface area contributed by atoms with Gasteiger partial charge < -0.3 is 39.7 Å². The van der Waals surface area contributed by atoms with Crippen molar-refractivity contribution < 1.29 is 44.5 Å². The molecule has 2 heterocycles. The summed E-state index contributed by atoms with van der Waals surface area (Å²) in [7, 11) is 0. The van der Waals surface area contributed by atoms with E-state index < -0.39 is 5.78 Å². The van der Waals surface area contributed by atoms with Gasteiger partial charge in [0.25, 0.3) is 0 Å². The highest BCUT2D eigenvalue weighted by Crippen LogP contribution is 2.46. The lowest BCUT2D eigenvalue weighted by Gasteiger charge is -2.15. The number of hydrogen-bond donors (Lipinski definition) is 6. The first-order valence-electron chi connectivity index (χ1n) is 16.5. The summed E-state index contributed by atoms with van der Waals surface area (Å²) < 4.78 is 11.8. The van der Waals surface area contributed by atoms with E-state index in [-0.39, 0.29) is 68.3 Å². The molecular weight excluding hydrogens is 688 g/mol. The van der Waals surface area contributed by atoms with Gasteiger partial charge in [-0.05, 0) is 133 Å². The molecule has 6 N–H and O–H groups in total. The van der Waals surface area contributed by atoms with Crippen LogP contribution in [0.1, 0.15) is 15.9 Å². The normalized spacial score (nSPS) is 11.1. The highest BCUT2D eigenvalue weighted by Gasteiger charge is 2.30. The number of phenolic OH excluding ortho intramolecular Hbond substituents is 6. The van der Waals surface area contributed by atoms with Gasteiger partial charge in [-0.25, -0.2) is 0 Å². The van der Waals surface area contributed by atoms with Gasteiger partial charge in [-0.15, -0.1) is 0 Å². The average Bonchev–Trinajstić information content (AvgIpc) is 3.82. The molecule has 2 aromatic heterocycles. The molecule has 6 aromatic carbocycles. The second kappa shape index (κ2) is 13.4. The maximum atomic E-state index is 15.1. The minimum Gasteiger partial charge on any atom is -0.508 e. The molecule has 11 nitrogen and oxygen atoms in total. The number of benzene rings is 6. The lowest BCUT2D eigenvalue weighted by atomic mass is 9.86. The van der Waals surface area contributed by atoms with Crippen molar-refractivity contribution in [2.45, 2.75) is 0 Å². The first kappa shape index (κ1) is 33.4. The Hall–Kier alpha value is -7.79. The van der Waals surface area contributed by atoms with Crippen LogP contribution in [0, 0.1) is 0 Å². The van der Waals surface area contributed by atoms with Gasteiger partial charge in [0.15, 0.2) is 17.3 Å². The predicted molar refractivity (Wildman–Crippen MR) is 199 cm³/mol. The Kier molecular flexibility index (Phi) is 8.28. The van der Waals surface area contributed by atoms with Gasteiger partial charge in [0.1, 0.15) is 45.9 Å². The Morgan fingerprint density at radius 1 is 0.389 bits per heavy atom. The Balaban J connectivity index is 1.36. The van der Waals surface area contributed by atoms with E-state index in [0.717, 1.165) is 0 Å². The summed E-state index contributed by atoms with van der Waals surface area (Å²) >= 11 is 0. The Labute approximate surface area is 306 Å². The van der Waals surface area contributed by atoms with Crippen LogP contribution in [0.5, 0.6) is 34.5 Å². The zero-order valence-corrected chi connectivity index (χ0v) is 28.0. The molecule has 54 heavy (non-hydrogen) atoms. The first-order valence-corrected chi connectivity index (χ1v) is 16.5. The van der Waals surface area contributed by atoms with Crippen LogP contribution in [0.4, 0.5) is 0 Å². The van der Waals surface area contributed by atoms with Crippen LogP contribution in [0.2, 0.25) is 0 Å². The van der Waals surface area contributed by atoms with Crippen molar-refractivity contribution in [2.24, 2.45) is 0 Å². The summed E-state index contributed by atoms with van der Waals surface area (Å²) in [5, 5.41) is 70.5. The predicted octanol–water partition coefficient (Wildman–Crippen LogP) is 9.13. The molecular formula is C43H28N2O9. The summed E-state index contributed by atoms with van der Waals surface area (Å²) in [6.07, 6.45) is 0. The molecule has 11 heteroatoms. The molecule has 0 saturated carbocycles. The molecule has 0 unspecified atom stereocenters. The highest BCUT2D eigenvalue weighted by molar-refractivity contribution is 6.18. The van der Waals surface area contributed by atoms with E-state index in [9.17, 15) is 30.6 Å². The molecule has 0 amide bonds. The van der Waals surface area contributed by atoms with Crippen molar-refractivity contribution in [1.29, 1.82) is 0 Å². The lowest BCUT2D eigenvalue weighted by molar-refractivity contribution is 0.104.